The molecule has 0 aliphatic rings. The summed E-state index contributed by atoms with van der Waals surface area (Å²) >= 11 is 0. The molecule has 0 aliphatic carbocycles. The van der Waals surface area contributed by atoms with Crippen molar-refractivity contribution in [3.8, 4) is 11.4 Å². The van der Waals surface area contributed by atoms with Gasteiger partial charge in [-0.3, -0.25) is 0 Å². The zero-order valence-electron chi connectivity index (χ0n) is 11.4. The maximum atomic E-state index is 5.30. The van der Waals surface area contributed by atoms with E-state index in [0.717, 1.165) is 41.6 Å². The second-order valence-electron chi connectivity index (χ2n) is 4.37. The summed E-state index contributed by atoms with van der Waals surface area (Å²) in [7, 11) is 0. The number of hydrogen-bond donors (Lipinski definition) is 1. The fourth-order valence-corrected chi connectivity index (χ4v) is 1.98. The Hall–Kier alpha value is -1.68. The largest absolute Gasteiger partial charge is 0.469 e. The molecule has 0 radical (unpaired) electrons. The third kappa shape index (κ3) is 2.43. The molecule has 18 heavy (non-hydrogen) atoms. The number of nitrogens with zero attached hydrogens (tertiary/aromatic N) is 2. The summed E-state index contributed by atoms with van der Waals surface area (Å²) < 4.78 is 5.30. The van der Waals surface area contributed by atoms with Crippen LogP contribution in [-0.2, 0) is 6.54 Å². The smallest absolute Gasteiger partial charge is 0.163 e. The second kappa shape index (κ2) is 5.31. The highest BCUT2D eigenvalue weighted by atomic mass is 16.3. The molecule has 0 saturated heterocycles. The van der Waals surface area contributed by atoms with E-state index in [0.29, 0.717) is 0 Å². The van der Waals surface area contributed by atoms with Crippen LogP contribution < -0.4 is 5.32 Å². The van der Waals surface area contributed by atoms with Crippen LogP contribution in [0.4, 0.5) is 0 Å². The zero-order chi connectivity index (χ0) is 13.1. The normalized spacial score (nSPS) is 10.9. The number of aromatic nitrogens is 2. The quantitative estimate of drug-likeness (QED) is 0.900. The van der Waals surface area contributed by atoms with Crippen LogP contribution in [0.3, 0.4) is 0 Å². The van der Waals surface area contributed by atoms with Crippen molar-refractivity contribution in [2.75, 3.05) is 6.54 Å². The van der Waals surface area contributed by atoms with Crippen LogP contribution in [0.15, 0.2) is 16.7 Å². The fourth-order valence-electron chi connectivity index (χ4n) is 1.98. The van der Waals surface area contributed by atoms with Gasteiger partial charge in [0.25, 0.3) is 0 Å². The number of furan rings is 1. The standard InChI is InChI=1S/C14H19N3O/c1-5-15-8-13-9(2)16-14(17-10(13)3)12-6-7-18-11(12)4/h6-7,15H,5,8H2,1-4H3. The highest BCUT2D eigenvalue weighted by Crippen LogP contribution is 2.22. The van der Waals surface area contributed by atoms with Crippen molar-refractivity contribution in [2.24, 2.45) is 0 Å². The first kappa shape index (κ1) is 12.8. The molecule has 0 aromatic carbocycles. The Bertz CT molecular complexity index is 523. The van der Waals surface area contributed by atoms with E-state index in [1.165, 1.54) is 5.56 Å². The lowest BCUT2D eigenvalue weighted by atomic mass is 10.1. The second-order valence-corrected chi connectivity index (χ2v) is 4.37. The van der Waals surface area contributed by atoms with Crippen molar-refractivity contribution in [1.82, 2.24) is 15.3 Å². The third-order valence-corrected chi connectivity index (χ3v) is 3.07. The summed E-state index contributed by atoms with van der Waals surface area (Å²) in [6.07, 6.45) is 1.67. The summed E-state index contributed by atoms with van der Waals surface area (Å²) in [5.74, 6) is 1.60. The van der Waals surface area contributed by atoms with Gasteiger partial charge in [-0.2, -0.15) is 0 Å². The Morgan fingerprint density at radius 1 is 1.17 bits per heavy atom. The van der Waals surface area contributed by atoms with Crippen LogP contribution in [-0.4, -0.2) is 16.5 Å². The van der Waals surface area contributed by atoms with E-state index in [4.69, 9.17) is 4.42 Å². The molecule has 1 N–H and O–H groups in total. The van der Waals surface area contributed by atoms with Gasteiger partial charge in [-0.1, -0.05) is 6.92 Å². The van der Waals surface area contributed by atoms with Gasteiger partial charge in [-0.05, 0) is 33.4 Å². The van der Waals surface area contributed by atoms with Crippen molar-refractivity contribution in [3.63, 3.8) is 0 Å². The van der Waals surface area contributed by atoms with Crippen molar-refractivity contribution in [3.05, 3.63) is 35.0 Å². The van der Waals surface area contributed by atoms with Gasteiger partial charge in [0.15, 0.2) is 5.82 Å². The monoisotopic (exact) mass is 245 g/mol. The zero-order valence-corrected chi connectivity index (χ0v) is 11.4. The number of hydrogen-bond acceptors (Lipinski definition) is 4. The van der Waals surface area contributed by atoms with E-state index < -0.39 is 0 Å². The van der Waals surface area contributed by atoms with Gasteiger partial charge >= 0.3 is 0 Å². The summed E-state index contributed by atoms with van der Waals surface area (Å²) in [6.45, 7) is 9.84. The van der Waals surface area contributed by atoms with Gasteiger partial charge in [0.05, 0.1) is 11.8 Å². The van der Waals surface area contributed by atoms with Crippen LogP contribution in [0.5, 0.6) is 0 Å². The lowest BCUT2D eigenvalue weighted by Crippen LogP contribution is -2.15. The van der Waals surface area contributed by atoms with Crippen LogP contribution in [0, 0.1) is 20.8 Å². The van der Waals surface area contributed by atoms with Crippen molar-refractivity contribution in [1.29, 1.82) is 0 Å². The molecule has 96 valence electrons. The minimum atomic E-state index is 0.747. The molecule has 2 aromatic rings. The molecule has 0 bridgehead atoms. The Balaban J connectivity index is 2.39. The molecule has 0 spiro atoms. The molecule has 0 unspecified atom stereocenters. The highest BCUT2D eigenvalue weighted by molar-refractivity contribution is 5.57. The van der Waals surface area contributed by atoms with Crippen LogP contribution >= 0.6 is 0 Å². The fraction of sp³-hybridized carbons (Fsp3) is 0.429. The molecular weight excluding hydrogens is 226 g/mol. The predicted octanol–water partition coefficient (Wildman–Crippen LogP) is 2.77. The van der Waals surface area contributed by atoms with E-state index in [1.54, 1.807) is 6.26 Å². The van der Waals surface area contributed by atoms with E-state index >= 15 is 0 Å². The van der Waals surface area contributed by atoms with Crippen LogP contribution in [0.2, 0.25) is 0 Å². The summed E-state index contributed by atoms with van der Waals surface area (Å²) in [6, 6.07) is 1.91. The average Bonchev–Trinajstić information content (AvgIpc) is 2.74. The molecule has 0 amide bonds. The average molecular weight is 245 g/mol. The number of aryl methyl sites for hydroxylation is 3. The molecule has 2 heterocycles. The minimum Gasteiger partial charge on any atom is -0.469 e. The Morgan fingerprint density at radius 2 is 1.83 bits per heavy atom. The maximum Gasteiger partial charge on any atom is 0.163 e. The Morgan fingerprint density at radius 3 is 2.33 bits per heavy atom. The van der Waals surface area contributed by atoms with E-state index in [9.17, 15) is 0 Å². The molecule has 2 rings (SSSR count). The lowest BCUT2D eigenvalue weighted by molar-refractivity contribution is 0.535. The molecule has 0 aliphatic heterocycles. The first-order valence-electron chi connectivity index (χ1n) is 6.22. The van der Waals surface area contributed by atoms with Gasteiger partial charge in [0, 0.05) is 23.5 Å². The van der Waals surface area contributed by atoms with Gasteiger partial charge in [0.2, 0.25) is 0 Å². The SMILES string of the molecule is CCNCc1c(C)nc(-c2ccoc2C)nc1C. The van der Waals surface area contributed by atoms with Crippen molar-refractivity contribution >= 4 is 0 Å². The molecule has 0 atom stereocenters. The predicted molar refractivity (Wildman–Crippen MR) is 71.3 cm³/mol. The molecule has 0 saturated carbocycles. The third-order valence-electron chi connectivity index (χ3n) is 3.07. The minimum absolute atomic E-state index is 0.747. The van der Waals surface area contributed by atoms with Gasteiger partial charge in [-0.25, -0.2) is 9.97 Å². The summed E-state index contributed by atoms with van der Waals surface area (Å²) in [5, 5.41) is 3.31. The lowest BCUT2D eigenvalue weighted by Gasteiger charge is -2.10. The molecule has 4 heteroatoms. The molecular formula is C14H19N3O. The van der Waals surface area contributed by atoms with Crippen molar-refractivity contribution < 1.29 is 4.42 Å². The first-order chi connectivity index (χ1) is 8.63. The number of rotatable bonds is 4. The number of nitrogens with one attached hydrogen (secondary N) is 1. The maximum absolute atomic E-state index is 5.30. The van der Waals surface area contributed by atoms with E-state index in [1.807, 2.05) is 26.8 Å². The highest BCUT2D eigenvalue weighted by Gasteiger charge is 2.12. The molecule has 0 fully saturated rings. The van der Waals surface area contributed by atoms with E-state index in [2.05, 4.69) is 22.2 Å². The van der Waals surface area contributed by atoms with Gasteiger partial charge < -0.3 is 9.73 Å². The van der Waals surface area contributed by atoms with Crippen molar-refractivity contribution in [2.45, 2.75) is 34.2 Å². The van der Waals surface area contributed by atoms with Crippen LogP contribution in [0.25, 0.3) is 11.4 Å². The van der Waals surface area contributed by atoms with Crippen LogP contribution in [0.1, 0.15) is 29.6 Å². The van der Waals surface area contributed by atoms with Gasteiger partial charge in [-0.15, -0.1) is 0 Å². The summed E-state index contributed by atoms with van der Waals surface area (Å²) in [4.78, 5) is 9.16. The summed E-state index contributed by atoms with van der Waals surface area (Å²) in [5.41, 5.74) is 4.20. The Labute approximate surface area is 107 Å². The first-order valence-corrected chi connectivity index (χ1v) is 6.22. The Kier molecular flexibility index (Phi) is 3.77. The van der Waals surface area contributed by atoms with Gasteiger partial charge in [0.1, 0.15) is 5.76 Å². The molecule has 2 aromatic heterocycles. The molecule has 4 nitrogen and oxygen atoms in total. The topological polar surface area (TPSA) is 51.0 Å². The van der Waals surface area contributed by atoms with E-state index in [-0.39, 0.29) is 0 Å².